The van der Waals surface area contributed by atoms with E-state index in [1.807, 2.05) is 49.6 Å². The summed E-state index contributed by atoms with van der Waals surface area (Å²) in [6.45, 7) is 3.25. The Morgan fingerprint density at radius 3 is 2.67 bits per heavy atom. The molecule has 1 fully saturated rings. The lowest BCUT2D eigenvalue weighted by atomic mass is 10.0. The van der Waals surface area contributed by atoms with E-state index in [9.17, 15) is 4.79 Å². The predicted octanol–water partition coefficient (Wildman–Crippen LogP) is 4.54. The molecule has 7 heteroatoms. The van der Waals surface area contributed by atoms with E-state index in [0.29, 0.717) is 11.3 Å². The summed E-state index contributed by atoms with van der Waals surface area (Å²) in [6, 6.07) is 12.1. The zero-order valence-electron chi connectivity index (χ0n) is 19.0. The highest BCUT2D eigenvalue weighted by atomic mass is 16.1. The van der Waals surface area contributed by atoms with Crippen LogP contribution in [0, 0.1) is 0 Å². The second-order valence-electron chi connectivity index (χ2n) is 8.78. The zero-order chi connectivity index (χ0) is 22.8. The van der Waals surface area contributed by atoms with Crippen LogP contribution in [0.15, 0.2) is 61.2 Å². The predicted molar refractivity (Wildman–Crippen MR) is 133 cm³/mol. The third kappa shape index (κ3) is 4.59. The van der Waals surface area contributed by atoms with E-state index in [-0.39, 0.29) is 5.91 Å². The van der Waals surface area contributed by atoms with Gasteiger partial charge in [0.05, 0.1) is 17.4 Å². The summed E-state index contributed by atoms with van der Waals surface area (Å²) in [5.74, 6) is 0.670. The first-order valence-electron chi connectivity index (χ1n) is 11.3. The van der Waals surface area contributed by atoms with E-state index in [2.05, 4.69) is 43.4 Å². The van der Waals surface area contributed by atoms with Crippen LogP contribution in [-0.4, -0.2) is 52.9 Å². The number of rotatable bonds is 6. The molecule has 1 aliphatic rings. The van der Waals surface area contributed by atoms with Gasteiger partial charge in [0.2, 0.25) is 0 Å². The Labute approximate surface area is 193 Å². The maximum atomic E-state index is 13.0. The van der Waals surface area contributed by atoms with E-state index in [1.165, 1.54) is 18.4 Å². The third-order valence-electron chi connectivity index (χ3n) is 6.12. The second-order valence-corrected chi connectivity index (χ2v) is 8.78. The Morgan fingerprint density at radius 2 is 1.91 bits per heavy atom. The Kier molecular flexibility index (Phi) is 5.79. The van der Waals surface area contributed by atoms with Crippen molar-refractivity contribution in [3.63, 3.8) is 0 Å². The summed E-state index contributed by atoms with van der Waals surface area (Å²) in [5.41, 5.74) is 5.51. The standard InChI is InChI=1S/C26H28N6O/c1-31(2)25-8-6-21(15-29-25)30-26(33)23-16-28-24-7-5-19(12-22(23)24)20-11-18(13-27-14-20)17-32-9-3-4-10-32/h5-8,11-16,28H,3-4,9-10,17H2,1-2H3,(H,30,33). The first-order valence-corrected chi connectivity index (χ1v) is 11.3. The molecule has 1 amide bonds. The van der Waals surface area contributed by atoms with Crippen LogP contribution in [0.5, 0.6) is 0 Å². The van der Waals surface area contributed by atoms with Gasteiger partial charge < -0.3 is 15.2 Å². The van der Waals surface area contributed by atoms with E-state index in [0.717, 1.165) is 47.5 Å². The first-order chi connectivity index (χ1) is 16.1. The van der Waals surface area contributed by atoms with Crippen LogP contribution in [0.3, 0.4) is 0 Å². The minimum Gasteiger partial charge on any atom is -0.363 e. The summed E-state index contributed by atoms with van der Waals surface area (Å²) in [5, 5.41) is 3.84. The number of anilines is 2. The molecule has 0 aliphatic carbocycles. The van der Waals surface area contributed by atoms with Gasteiger partial charge >= 0.3 is 0 Å². The van der Waals surface area contributed by atoms with Crippen LogP contribution in [0.2, 0.25) is 0 Å². The summed E-state index contributed by atoms with van der Waals surface area (Å²) < 4.78 is 0. The van der Waals surface area contributed by atoms with Gasteiger partial charge in [-0.3, -0.25) is 14.7 Å². The van der Waals surface area contributed by atoms with Crippen molar-refractivity contribution in [3.8, 4) is 11.1 Å². The fraction of sp³-hybridized carbons (Fsp3) is 0.269. The van der Waals surface area contributed by atoms with Crippen molar-refractivity contribution in [1.82, 2.24) is 19.9 Å². The van der Waals surface area contributed by atoms with Crippen molar-refractivity contribution in [1.29, 1.82) is 0 Å². The molecule has 4 aromatic rings. The second kappa shape index (κ2) is 9.03. The molecule has 0 bridgehead atoms. The summed E-state index contributed by atoms with van der Waals surface area (Å²) in [6.07, 6.45) is 9.82. The van der Waals surface area contributed by atoms with Crippen molar-refractivity contribution >= 4 is 28.3 Å². The lowest BCUT2D eigenvalue weighted by Gasteiger charge is -2.14. The zero-order valence-corrected chi connectivity index (χ0v) is 19.0. The number of carbonyl (C=O) groups excluding carboxylic acids is 1. The number of benzene rings is 1. The fourth-order valence-electron chi connectivity index (χ4n) is 4.34. The molecule has 33 heavy (non-hydrogen) atoms. The average Bonchev–Trinajstić information content (AvgIpc) is 3.49. The highest BCUT2D eigenvalue weighted by molar-refractivity contribution is 6.13. The Morgan fingerprint density at radius 1 is 1.06 bits per heavy atom. The largest absolute Gasteiger partial charge is 0.363 e. The molecule has 4 heterocycles. The molecule has 0 saturated carbocycles. The maximum absolute atomic E-state index is 13.0. The third-order valence-corrected chi connectivity index (χ3v) is 6.12. The quantitative estimate of drug-likeness (QED) is 0.460. The van der Waals surface area contributed by atoms with Gasteiger partial charge in [-0.1, -0.05) is 6.07 Å². The molecule has 0 unspecified atom stereocenters. The van der Waals surface area contributed by atoms with Gasteiger partial charge in [0, 0.05) is 55.7 Å². The molecule has 0 radical (unpaired) electrons. The Bertz CT molecular complexity index is 1270. The van der Waals surface area contributed by atoms with Gasteiger partial charge in [-0.2, -0.15) is 0 Å². The molecule has 1 aromatic carbocycles. The highest BCUT2D eigenvalue weighted by Gasteiger charge is 2.15. The van der Waals surface area contributed by atoms with Crippen LogP contribution in [0.4, 0.5) is 11.5 Å². The van der Waals surface area contributed by atoms with Crippen molar-refractivity contribution in [2.45, 2.75) is 19.4 Å². The van der Waals surface area contributed by atoms with E-state index >= 15 is 0 Å². The summed E-state index contributed by atoms with van der Waals surface area (Å²) in [4.78, 5) is 29.5. The van der Waals surface area contributed by atoms with Crippen molar-refractivity contribution in [2.75, 3.05) is 37.4 Å². The number of hydrogen-bond donors (Lipinski definition) is 2. The topological polar surface area (TPSA) is 77.2 Å². The van der Waals surface area contributed by atoms with Crippen LogP contribution in [0.25, 0.3) is 22.0 Å². The average molecular weight is 441 g/mol. The SMILES string of the molecule is CN(C)c1ccc(NC(=O)c2c[nH]c3ccc(-c4cncc(CN5CCCC5)c4)cc23)cn1. The lowest BCUT2D eigenvalue weighted by Crippen LogP contribution is -2.18. The number of likely N-dealkylation sites (tertiary alicyclic amines) is 1. The number of amides is 1. The van der Waals surface area contributed by atoms with Gasteiger partial charge in [-0.05, 0) is 67.4 Å². The number of aromatic amines is 1. The molecule has 0 atom stereocenters. The van der Waals surface area contributed by atoms with Crippen molar-refractivity contribution in [3.05, 3.63) is 72.3 Å². The van der Waals surface area contributed by atoms with E-state index in [4.69, 9.17) is 0 Å². The molecular formula is C26H28N6O. The molecular weight excluding hydrogens is 412 g/mol. The normalized spacial score (nSPS) is 14.0. The van der Waals surface area contributed by atoms with Crippen LogP contribution >= 0.6 is 0 Å². The number of nitrogens with one attached hydrogen (secondary N) is 2. The van der Waals surface area contributed by atoms with Crippen LogP contribution in [0.1, 0.15) is 28.8 Å². The van der Waals surface area contributed by atoms with E-state index < -0.39 is 0 Å². The lowest BCUT2D eigenvalue weighted by molar-refractivity contribution is 0.102. The van der Waals surface area contributed by atoms with Gasteiger partial charge in [0.25, 0.3) is 5.91 Å². The first kappa shape index (κ1) is 21.2. The number of fused-ring (bicyclic) bond motifs is 1. The molecule has 7 nitrogen and oxygen atoms in total. The molecule has 0 spiro atoms. The number of nitrogens with zero attached hydrogens (tertiary/aromatic N) is 4. The number of carbonyl (C=O) groups is 1. The van der Waals surface area contributed by atoms with Gasteiger partial charge in [0.15, 0.2) is 0 Å². The Balaban J connectivity index is 1.39. The van der Waals surface area contributed by atoms with Crippen molar-refractivity contribution < 1.29 is 4.79 Å². The van der Waals surface area contributed by atoms with Crippen molar-refractivity contribution in [2.24, 2.45) is 0 Å². The maximum Gasteiger partial charge on any atom is 0.257 e. The molecule has 1 saturated heterocycles. The summed E-state index contributed by atoms with van der Waals surface area (Å²) >= 11 is 0. The summed E-state index contributed by atoms with van der Waals surface area (Å²) in [7, 11) is 3.86. The molecule has 168 valence electrons. The van der Waals surface area contributed by atoms with Crippen LogP contribution in [-0.2, 0) is 6.54 Å². The van der Waals surface area contributed by atoms with Crippen LogP contribution < -0.4 is 10.2 Å². The minimum atomic E-state index is -0.168. The Hall–Kier alpha value is -3.71. The van der Waals surface area contributed by atoms with Gasteiger partial charge in [0.1, 0.15) is 5.82 Å². The molecule has 1 aliphatic heterocycles. The highest BCUT2D eigenvalue weighted by Crippen LogP contribution is 2.28. The van der Waals surface area contributed by atoms with Gasteiger partial charge in [-0.15, -0.1) is 0 Å². The smallest absolute Gasteiger partial charge is 0.257 e. The number of pyridine rings is 2. The minimum absolute atomic E-state index is 0.168. The molecule has 3 aromatic heterocycles. The molecule has 5 rings (SSSR count). The van der Waals surface area contributed by atoms with Gasteiger partial charge in [-0.25, -0.2) is 4.98 Å². The fourth-order valence-corrected chi connectivity index (χ4v) is 4.34. The molecule has 2 N–H and O–H groups in total. The number of hydrogen-bond acceptors (Lipinski definition) is 5. The van der Waals surface area contributed by atoms with E-state index in [1.54, 1.807) is 12.4 Å². The number of aromatic nitrogens is 3. The monoisotopic (exact) mass is 440 g/mol. The number of H-pyrrole nitrogens is 1.